The normalized spacial score (nSPS) is 17.1. The summed E-state index contributed by atoms with van der Waals surface area (Å²) in [5.41, 5.74) is 0.422. The lowest BCUT2D eigenvalue weighted by Gasteiger charge is -2.04. The van der Waals surface area contributed by atoms with Gasteiger partial charge in [0.15, 0.2) is 0 Å². The molecule has 0 saturated heterocycles. The second kappa shape index (κ2) is 4.61. The lowest BCUT2D eigenvalue weighted by Crippen LogP contribution is -2.08. The van der Waals surface area contributed by atoms with Gasteiger partial charge in [-0.25, -0.2) is 0 Å². The average Bonchev–Trinajstić information content (AvgIpc) is 2.94. The van der Waals surface area contributed by atoms with Gasteiger partial charge in [0.25, 0.3) is 0 Å². The maximum atomic E-state index is 11.0. The number of nitrogens with zero attached hydrogens (tertiary/aromatic N) is 3. The third-order valence-corrected chi connectivity index (χ3v) is 2.63. The van der Waals surface area contributed by atoms with Crippen molar-refractivity contribution in [1.82, 2.24) is 15.0 Å². The molecule has 0 aromatic carbocycles. The molecule has 0 radical (unpaired) electrons. The Labute approximate surface area is 93.2 Å². The van der Waals surface area contributed by atoms with E-state index in [1.165, 1.54) is 20.0 Å². The highest BCUT2D eigenvalue weighted by Crippen LogP contribution is 2.30. The molecule has 16 heavy (non-hydrogen) atoms. The van der Waals surface area contributed by atoms with Gasteiger partial charge in [-0.05, 0) is 18.8 Å². The van der Waals surface area contributed by atoms with Gasteiger partial charge in [-0.1, -0.05) is 5.21 Å². The Kier molecular flexibility index (Phi) is 3.19. The number of aromatic nitrogens is 3. The second-order valence-corrected chi connectivity index (χ2v) is 4.10. The molecule has 1 heterocycles. The van der Waals surface area contributed by atoms with E-state index in [0.29, 0.717) is 11.6 Å². The standard InChI is InChI=1S/C10H15N3O3/c1-16-10(15)4-9(14)8-6-13(12-11-8)5-7-2-3-7/h6-7,9,14H,2-5H2,1H3/t9-/m0/s1. The van der Waals surface area contributed by atoms with E-state index < -0.39 is 12.1 Å². The summed E-state index contributed by atoms with van der Waals surface area (Å²) in [6.07, 6.45) is 3.14. The van der Waals surface area contributed by atoms with Crippen LogP contribution in [0.25, 0.3) is 0 Å². The van der Waals surface area contributed by atoms with Crippen molar-refractivity contribution in [3.63, 3.8) is 0 Å². The van der Waals surface area contributed by atoms with Gasteiger partial charge in [-0.15, -0.1) is 5.10 Å². The Morgan fingerprint density at radius 1 is 1.75 bits per heavy atom. The molecule has 2 rings (SSSR count). The van der Waals surface area contributed by atoms with Crippen LogP contribution in [0.1, 0.15) is 31.1 Å². The van der Waals surface area contributed by atoms with Crippen molar-refractivity contribution in [1.29, 1.82) is 0 Å². The number of ether oxygens (including phenoxy) is 1. The Balaban J connectivity index is 1.91. The first-order chi connectivity index (χ1) is 7.69. The molecular formula is C10H15N3O3. The molecule has 0 aliphatic heterocycles. The number of aliphatic hydroxyl groups is 1. The topological polar surface area (TPSA) is 77.2 Å². The average molecular weight is 225 g/mol. The lowest BCUT2D eigenvalue weighted by atomic mass is 10.2. The van der Waals surface area contributed by atoms with Crippen molar-refractivity contribution in [3.05, 3.63) is 11.9 Å². The van der Waals surface area contributed by atoms with Crippen LogP contribution in [0.4, 0.5) is 0 Å². The van der Waals surface area contributed by atoms with Crippen LogP contribution in [0.15, 0.2) is 6.20 Å². The van der Waals surface area contributed by atoms with Crippen LogP contribution in [0.2, 0.25) is 0 Å². The quantitative estimate of drug-likeness (QED) is 0.728. The summed E-state index contributed by atoms with van der Waals surface area (Å²) >= 11 is 0. The zero-order valence-electron chi connectivity index (χ0n) is 9.17. The van der Waals surface area contributed by atoms with Gasteiger partial charge in [0.1, 0.15) is 11.8 Å². The summed E-state index contributed by atoms with van der Waals surface area (Å²) in [4.78, 5) is 11.0. The smallest absolute Gasteiger partial charge is 0.308 e. The SMILES string of the molecule is COC(=O)C[C@H](O)c1cn(CC2CC2)nn1. The third-order valence-electron chi connectivity index (χ3n) is 2.63. The fourth-order valence-electron chi connectivity index (χ4n) is 1.47. The number of aliphatic hydroxyl groups excluding tert-OH is 1. The van der Waals surface area contributed by atoms with E-state index in [1.807, 2.05) is 0 Å². The van der Waals surface area contributed by atoms with Crippen molar-refractivity contribution in [2.45, 2.75) is 31.9 Å². The maximum absolute atomic E-state index is 11.0. The minimum Gasteiger partial charge on any atom is -0.469 e. The summed E-state index contributed by atoms with van der Waals surface area (Å²) in [5, 5.41) is 17.4. The highest BCUT2D eigenvalue weighted by Gasteiger charge is 2.23. The minimum atomic E-state index is -0.930. The van der Waals surface area contributed by atoms with Crippen molar-refractivity contribution in [3.8, 4) is 0 Å². The van der Waals surface area contributed by atoms with Gasteiger partial charge < -0.3 is 9.84 Å². The first-order valence-corrected chi connectivity index (χ1v) is 5.34. The van der Waals surface area contributed by atoms with Crippen LogP contribution in [-0.2, 0) is 16.1 Å². The third kappa shape index (κ3) is 2.79. The molecule has 1 aromatic rings. The molecule has 0 bridgehead atoms. The highest BCUT2D eigenvalue weighted by atomic mass is 16.5. The largest absolute Gasteiger partial charge is 0.469 e. The van der Waals surface area contributed by atoms with Gasteiger partial charge in [-0.3, -0.25) is 9.48 Å². The molecule has 1 N–H and O–H groups in total. The Hall–Kier alpha value is -1.43. The Morgan fingerprint density at radius 2 is 2.50 bits per heavy atom. The minimum absolute atomic E-state index is 0.0847. The predicted octanol–water partition coefficient (Wildman–Crippen LogP) is 0.285. The number of methoxy groups -OCH3 is 1. The van der Waals surface area contributed by atoms with Crippen molar-refractivity contribution in [2.24, 2.45) is 5.92 Å². The summed E-state index contributed by atoms with van der Waals surface area (Å²) in [6.45, 7) is 0.845. The van der Waals surface area contributed by atoms with Crippen LogP contribution in [-0.4, -0.2) is 33.2 Å². The predicted molar refractivity (Wildman–Crippen MR) is 54.3 cm³/mol. The van der Waals surface area contributed by atoms with Crippen LogP contribution in [0.3, 0.4) is 0 Å². The first-order valence-electron chi connectivity index (χ1n) is 5.34. The first kappa shape index (κ1) is 11.1. The van der Waals surface area contributed by atoms with Crippen molar-refractivity contribution >= 4 is 5.97 Å². The van der Waals surface area contributed by atoms with Gasteiger partial charge in [-0.2, -0.15) is 0 Å². The zero-order chi connectivity index (χ0) is 11.5. The fourth-order valence-corrected chi connectivity index (χ4v) is 1.47. The monoisotopic (exact) mass is 225 g/mol. The Bertz CT molecular complexity index is 373. The molecule has 6 nitrogen and oxygen atoms in total. The van der Waals surface area contributed by atoms with Crippen molar-refractivity contribution in [2.75, 3.05) is 7.11 Å². The van der Waals surface area contributed by atoms with E-state index in [-0.39, 0.29) is 6.42 Å². The van der Waals surface area contributed by atoms with Crippen LogP contribution < -0.4 is 0 Å². The van der Waals surface area contributed by atoms with E-state index >= 15 is 0 Å². The molecule has 1 aliphatic rings. The second-order valence-electron chi connectivity index (χ2n) is 4.10. The summed E-state index contributed by atoms with van der Waals surface area (Å²) in [7, 11) is 1.29. The summed E-state index contributed by atoms with van der Waals surface area (Å²) in [5.74, 6) is 0.247. The number of carbonyl (C=O) groups is 1. The molecule has 1 atom stereocenters. The lowest BCUT2D eigenvalue weighted by molar-refractivity contribution is -0.142. The zero-order valence-corrected chi connectivity index (χ0v) is 9.17. The maximum Gasteiger partial charge on any atom is 0.308 e. The van der Waals surface area contributed by atoms with Crippen molar-refractivity contribution < 1.29 is 14.6 Å². The van der Waals surface area contributed by atoms with E-state index in [1.54, 1.807) is 10.9 Å². The molecule has 6 heteroatoms. The molecule has 1 aromatic heterocycles. The van der Waals surface area contributed by atoms with Gasteiger partial charge in [0, 0.05) is 6.54 Å². The van der Waals surface area contributed by atoms with Crippen LogP contribution in [0, 0.1) is 5.92 Å². The molecule has 0 unspecified atom stereocenters. The number of hydrogen-bond acceptors (Lipinski definition) is 5. The van der Waals surface area contributed by atoms with Crippen LogP contribution in [0.5, 0.6) is 0 Å². The number of esters is 1. The van der Waals surface area contributed by atoms with E-state index in [4.69, 9.17) is 0 Å². The van der Waals surface area contributed by atoms with Gasteiger partial charge in [0.2, 0.25) is 0 Å². The highest BCUT2D eigenvalue weighted by molar-refractivity contribution is 5.69. The summed E-state index contributed by atoms with van der Waals surface area (Å²) in [6, 6.07) is 0. The summed E-state index contributed by atoms with van der Waals surface area (Å²) < 4.78 is 6.19. The molecular weight excluding hydrogens is 210 g/mol. The molecule has 1 saturated carbocycles. The van der Waals surface area contributed by atoms with E-state index in [9.17, 15) is 9.90 Å². The van der Waals surface area contributed by atoms with Gasteiger partial charge >= 0.3 is 5.97 Å². The molecule has 1 fully saturated rings. The van der Waals surface area contributed by atoms with E-state index in [0.717, 1.165) is 6.54 Å². The van der Waals surface area contributed by atoms with Gasteiger partial charge in [0.05, 0.1) is 19.7 Å². The number of carbonyl (C=O) groups excluding carboxylic acids is 1. The van der Waals surface area contributed by atoms with Crippen LogP contribution >= 0.6 is 0 Å². The fraction of sp³-hybridized carbons (Fsp3) is 0.700. The molecule has 88 valence electrons. The molecule has 0 amide bonds. The number of hydrogen-bond donors (Lipinski definition) is 1. The number of rotatable bonds is 5. The van der Waals surface area contributed by atoms with E-state index in [2.05, 4.69) is 15.0 Å². The Morgan fingerprint density at radius 3 is 3.12 bits per heavy atom. The molecule has 1 aliphatic carbocycles. The molecule has 0 spiro atoms.